The monoisotopic (exact) mass is 443 g/mol. The van der Waals surface area contributed by atoms with Gasteiger partial charge in [0.15, 0.2) is 0 Å². The lowest BCUT2D eigenvalue weighted by Crippen LogP contribution is -2.44. The maximum atomic E-state index is 12.6. The summed E-state index contributed by atoms with van der Waals surface area (Å²) in [5, 5.41) is 14.2. The molecule has 0 unspecified atom stereocenters. The molecule has 0 atom stereocenters. The van der Waals surface area contributed by atoms with Crippen molar-refractivity contribution in [1.82, 2.24) is 4.90 Å². The summed E-state index contributed by atoms with van der Waals surface area (Å²) in [6.45, 7) is -2.80. The minimum Gasteiger partial charge on any atom is -0.381 e. The average Bonchev–Trinajstić information content (AvgIpc) is 2.63. The molecule has 1 aliphatic heterocycles. The van der Waals surface area contributed by atoms with Crippen LogP contribution in [0.4, 0.5) is 37.7 Å². The molecule has 0 aromatic heterocycles. The number of benzene rings is 1. The van der Waals surface area contributed by atoms with Gasteiger partial charge in [-0.3, -0.25) is 14.9 Å². The predicted octanol–water partition coefficient (Wildman–Crippen LogP) is 4.00. The number of halogens is 6. The van der Waals surface area contributed by atoms with E-state index in [0.29, 0.717) is 25.8 Å². The number of hydrogen-bond acceptors (Lipinski definition) is 5. The second-order valence-electron chi connectivity index (χ2n) is 6.82. The fourth-order valence-corrected chi connectivity index (χ4v) is 2.98. The van der Waals surface area contributed by atoms with E-state index in [1.165, 1.54) is 0 Å². The van der Waals surface area contributed by atoms with Crippen LogP contribution in [0.3, 0.4) is 0 Å². The third-order valence-electron chi connectivity index (χ3n) is 4.39. The van der Waals surface area contributed by atoms with Crippen LogP contribution in [-0.4, -0.2) is 60.9 Å². The molecule has 1 N–H and O–H groups in total. The number of nitro benzene ring substituents is 1. The maximum absolute atomic E-state index is 12.6. The van der Waals surface area contributed by atoms with Gasteiger partial charge in [0.25, 0.3) is 11.6 Å². The van der Waals surface area contributed by atoms with Crippen molar-refractivity contribution in [2.75, 3.05) is 38.2 Å². The van der Waals surface area contributed by atoms with Crippen LogP contribution in [0.5, 0.6) is 0 Å². The molecule has 1 fully saturated rings. The molecule has 168 valence electrons. The van der Waals surface area contributed by atoms with E-state index in [1.54, 1.807) is 0 Å². The average molecular weight is 443 g/mol. The fraction of sp³-hybridized carbons (Fsp3) is 0.588. The van der Waals surface area contributed by atoms with E-state index in [2.05, 4.69) is 5.32 Å². The number of ether oxygens (including phenoxy) is 1. The first-order valence-corrected chi connectivity index (χ1v) is 8.88. The molecule has 13 heteroatoms. The van der Waals surface area contributed by atoms with E-state index < -0.39 is 52.4 Å². The van der Waals surface area contributed by atoms with E-state index in [0.717, 1.165) is 25.0 Å². The van der Waals surface area contributed by atoms with Gasteiger partial charge in [-0.25, -0.2) is 0 Å². The zero-order valence-corrected chi connectivity index (χ0v) is 15.6. The quantitative estimate of drug-likeness (QED) is 0.391. The minimum absolute atomic E-state index is 0.0150. The normalized spacial score (nSPS) is 15.7. The number of rotatable bonds is 7. The van der Waals surface area contributed by atoms with Crippen molar-refractivity contribution in [3.8, 4) is 0 Å². The summed E-state index contributed by atoms with van der Waals surface area (Å²) in [7, 11) is 0. The van der Waals surface area contributed by atoms with Crippen molar-refractivity contribution in [2.24, 2.45) is 5.92 Å². The number of nitrogens with zero attached hydrogens (tertiary/aromatic N) is 2. The Bertz CT molecular complexity index is 747. The highest BCUT2D eigenvalue weighted by molar-refractivity contribution is 5.95. The molecule has 30 heavy (non-hydrogen) atoms. The maximum Gasteiger partial charge on any atom is 0.406 e. The molecule has 1 aromatic carbocycles. The number of nitrogens with one attached hydrogen (secondary N) is 1. The van der Waals surface area contributed by atoms with E-state index in [4.69, 9.17) is 4.74 Å². The predicted molar refractivity (Wildman–Crippen MR) is 93.1 cm³/mol. The zero-order valence-electron chi connectivity index (χ0n) is 15.6. The highest BCUT2D eigenvalue weighted by Crippen LogP contribution is 2.29. The summed E-state index contributed by atoms with van der Waals surface area (Å²) in [5.41, 5.74) is -1.25. The molecule has 1 heterocycles. The third kappa shape index (κ3) is 7.35. The van der Waals surface area contributed by atoms with Crippen LogP contribution in [0.2, 0.25) is 0 Å². The van der Waals surface area contributed by atoms with Gasteiger partial charge in [-0.1, -0.05) is 0 Å². The summed E-state index contributed by atoms with van der Waals surface area (Å²) in [5.74, 6) is -1.42. The number of carbonyl (C=O) groups excluding carboxylic acids is 1. The van der Waals surface area contributed by atoms with Gasteiger partial charge in [-0.15, -0.1) is 0 Å². The van der Waals surface area contributed by atoms with E-state index >= 15 is 0 Å². The van der Waals surface area contributed by atoms with Crippen LogP contribution in [0.15, 0.2) is 18.2 Å². The number of amides is 1. The van der Waals surface area contributed by atoms with Crippen LogP contribution >= 0.6 is 0 Å². The topological polar surface area (TPSA) is 84.7 Å². The van der Waals surface area contributed by atoms with Gasteiger partial charge in [0.05, 0.1) is 4.92 Å². The molecular formula is C17H19F6N3O4. The molecule has 0 radical (unpaired) electrons. The Balaban J connectivity index is 2.22. The lowest BCUT2D eigenvalue weighted by Gasteiger charge is -2.25. The van der Waals surface area contributed by atoms with Crippen molar-refractivity contribution in [3.63, 3.8) is 0 Å². The molecule has 1 aromatic rings. The van der Waals surface area contributed by atoms with Gasteiger partial charge in [0, 0.05) is 31.4 Å². The van der Waals surface area contributed by atoms with Gasteiger partial charge < -0.3 is 15.0 Å². The molecule has 0 bridgehead atoms. The van der Waals surface area contributed by atoms with E-state index in [9.17, 15) is 41.3 Å². The smallest absolute Gasteiger partial charge is 0.381 e. The number of alkyl halides is 6. The molecule has 2 rings (SSSR count). The first-order valence-electron chi connectivity index (χ1n) is 8.88. The Morgan fingerprint density at radius 3 is 2.20 bits per heavy atom. The third-order valence-corrected chi connectivity index (χ3v) is 4.39. The number of hydrogen-bond donors (Lipinski definition) is 1. The number of anilines is 1. The van der Waals surface area contributed by atoms with Gasteiger partial charge >= 0.3 is 12.4 Å². The number of carbonyl (C=O) groups is 1. The Morgan fingerprint density at radius 2 is 1.70 bits per heavy atom. The van der Waals surface area contributed by atoms with Gasteiger partial charge in [-0.05, 0) is 30.9 Å². The number of nitro groups is 1. The Hall–Kier alpha value is -2.57. The largest absolute Gasteiger partial charge is 0.406 e. The Labute approximate surface area is 167 Å². The highest BCUT2D eigenvalue weighted by atomic mass is 19.4. The molecule has 0 spiro atoms. The summed E-state index contributed by atoms with van der Waals surface area (Å²) in [4.78, 5) is 22.3. The highest BCUT2D eigenvalue weighted by Gasteiger charge is 2.40. The van der Waals surface area contributed by atoms with Crippen LogP contribution in [0.25, 0.3) is 0 Å². The van der Waals surface area contributed by atoms with Crippen molar-refractivity contribution in [2.45, 2.75) is 25.2 Å². The van der Waals surface area contributed by atoms with E-state index in [-0.39, 0.29) is 11.6 Å². The SMILES string of the molecule is O=C(c1ccc(NCC2CCOCC2)c([N+](=O)[O-])c1)N(CC(F)(F)F)CC(F)(F)F. The van der Waals surface area contributed by atoms with Crippen LogP contribution in [0.1, 0.15) is 23.2 Å². The summed E-state index contributed by atoms with van der Waals surface area (Å²) in [6.07, 6.45) is -8.67. The van der Waals surface area contributed by atoms with Crippen molar-refractivity contribution in [3.05, 3.63) is 33.9 Å². The molecule has 0 saturated carbocycles. The first-order chi connectivity index (χ1) is 13.9. The molecule has 1 aliphatic rings. The van der Waals surface area contributed by atoms with Crippen LogP contribution < -0.4 is 5.32 Å². The van der Waals surface area contributed by atoms with Gasteiger partial charge in [-0.2, -0.15) is 26.3 Å². The summed E-state index contributed by atoms with van der Waals surface area (Å²) in [6, 6.07) is 2.74. The zero-order chi connectivity index (χ0) is 22.5. The van der Waals surface area contributed by atoms with Gasteiger partial charge in [0.2, 0.25) is 0 Å². The first kappa shape index (κ1) is 23.7. The lowest BCUT2D eigenvalue weighted by molar-refractivity contribution is -0.384. The molecule has 1 saturated heterocycles. The Kier molecular flexibility index (Phi) is 7.50. The van der Waals surface area contributed by atoms with E-state index in [1.807, 2.05) is 0 Å². The van der Waals surface area contributed by atoms with Crippen molar-refractivity contribution < 1.29 is 40.8 Å². The Morgan fingerprint density at radius 1 is 1.13 bits per heavy atom. The molecule has 0 aliphatic carbocycles. The fourth-order valence-electron chi connectivity index (χ4n) is 2.98. The summed E-state index contributed by atoms with van der Waals surface area (Å²) < 4.78 is 80.9. The minimum atomic E-state index is -5.07. The van der Waals surface area contributed by atoms with Crippen molar-refractivity contribution in [1.29, 1.82) is 0 Å². The lowest BCUT2D eigenvalue weighted by atomic mass is 10.0. The van der Waals surface area contributed by atoms with Crippen molar-refractivity contribution >= 4 is 17.3 Å². The standard InChI is InChI=1S/C17H19F6N3O4/c18-16(19,20)9-25(10-17(21,22)23)15(27)12-1-2-13(14(7-12)26(28)29)24-8-11-3-5-30-6-4-11/h1-2,7,11,24H,3-6,8-10H2. The summed E-state index contributed by atoms with van der Waals surface area (Å²) >= 11 is 0. The second kappa shape index (κ2) is 9.49. The molecule has 1 amide bonds. The van der Waals surface area contributed by atoms with Crippen LogP contribution in [0, 0.1) is 16.0 Å². The van der Waals surface area contributed by atoms with Gasteiger partial charge in [0.1, 0.15) is 18.8 Å². The molecular weight excluding hydrogens is 424 g/mol. The molecule has 7 nitrogen and oxygen atoms in total. The second-order valence-corrected chi connectivity index (χ2v) is 6.82. The van der Waals surface area contributed by atoms with Crippen LogP contribution in [-0.2, 0) is 4.74 Å².